The quantitative estimate of drug-likeness (QED) is 0.613. The molecule has 4 nitrogen and oxygen atoms in total. The summed E-state index contributed by atoms with van der Waals surface area (Å²) in [5.41, 5.74) is 5.76. The maximum Gasteiger partial charge on any atom is 0.240 e. The predicted octanol–water partition coefficient (Wildman–Crippen LogP) is 4.77. The van der Waals surface area contributed by atoms with Gasteiger partial charge in [-0.3, -0.25) is 0 Å². The van der Waals surface area contributed by atoms with E-state index < -0.39 is 10.0 Å². The Hall–Kier alpha value is -2.63. The topological polar surface area (TPSA) is 49.4 Å². The van der Waals surface area contributed by atoms with Crippen molar-refractivity contribution < 1.29 is 8.42 Å². The van der Waals surface area contributed by atoms with Gasteiger partial charge in [0.15, 0.2) is 0 Å². The third kappa shape index (κ3) is 4.86. The van der Waals surface area contributed by atoms with Gasteiger partial charge in [-0.2, -0.15) is 0 Å². The molecule has 0 aliphatic rings. The summed E-state index contributed by atoms with van der Waals surface area (Å²) < 4.78 is 28.4. The van der Waals surface area contributed by atoms with E-state index in [1.807, 2.05) is 43.4 Å². The molecule has 0 unspecified atom stereocenters. The number of rotatable bonds is 7. The number of benzene rings is 3. The van der Waals surface area contributed by atoms with Crippen LogP contribution in [0.1, 0.15) is 28.3 Å². The average Bonchev–Trinajstić information content (AvgIpc) is 2.69. The zero-order chi connectivity index (χ0) is 21.0. The average molecular weight is 409 g/mol. The third-order valence-corrected chi connectivity index (χ3v) is 6.60. The van der Waals surface area contributed by atoms with Gasteiger partial charge in [-0.25, -0.2) is 13.1 Å². The number of hydrogen-bond acceptors (Lipinski definition) is 3. The van der Waals surface area contributed by atoms with Gasteiger partial charge in [-0.15, -0.1) is 0 Å². The second-order valence-corrected chi connectivity index (χ2v) is 9.22. The van der Waals surface area contributed by atoms with Crippen LogP contribution in [0.15, 0.2) is 77.7 Å². The van der Waals surface area contributed by atoms with Crippen LogP contribution in [0.25, 0.3) is 0 Å². The molecule has 152 valence electrons. The van der Waals surface area contributed by atoms with Gasteiger partial charge < -0.3 is 4.90 Å². The summed E-state index contributed by atoms with van der Waals surface area (Å²) in [5.74, 6) is 0. The Labute approximate surface area is 174 Å². The Bertz CT molecular complexity index is 1040. The highest BCUT2D eigenvalue weighted by Gasteiger charge is 2.23. The molecule has 1 N–H and O–H groups in total. The van der Waals surface area contributed by atoms with Crippen LogP contribution < -0.4 is 9.62 Å². The number of aryl methyl sites for hydroxylation is 3. The lowest BCUT2D eigenvalue weighted by Gasteiger charge is -2.33. The minimum absolute atomic E-state index is 0.144. The summed E-state index contributed by atoms with van der Waals surface area (Å²) >= 11 is 0. The number of anilines is 1. The lowest BCUT2D eigenvalue weighted by molar-refractivity contribution is 0.567. The molecule has 0 radical (unpaired) electrons. The zero-order valence-electron chi connectivity index (χ0n) is 17.4. The van der Waals surface area contributed by atoms with E-state index in [1.54, 1.807) is 24.3 Å². The van der Waals surface area contributed by atoms with E-state index in [4.69, 9.17) is 0 Å². The molecule has 0 saturated carbocycles. The number of nitrogens with one attached hydrogen (secondary N) is 1. The summed E-state index contributed by atoms with van der Waals surface area (Å²) in [6, 6.07) is 22.7. The summed E-state index contributed by atoms with van der Waals surface area (Å²) in [7, 11) is -1.56. The second kappa shape index (κ2) is 8.80. The van der Waals surface area contributed by atoms with Crippen LogP contribution in [0.2, 0.25) is 0 Å². The normalized spacial score (nSPS) is 12.6. The first kappa shape index (κ1) is 21.1. The fourth-order valence-electron chi connectivity index (χ4n) is 3.91. The first-order valence-electron chi connectivity index (χ1n) is 9.70. The molecule has 5 heteroatoms. The fourth-order valence-corrected chi connectivity index (χ4v) is 4.97. The summed E-state index contributed by atoms with van der Waals surface area (Å²) in [6.07, 6.45) is 0. The van der Waals surface area contributed by atoms with Crippen molar-refractivity contribution in [3.05, 3.63) is 95.1 Å². The molecule has 0 heterocycles. The van der Waals surface area contributed by atoms with Gasteiger partial charge in [0.25, 0.3) is 0 Å². The highest BCUT2D eigenvalue weighted by Crippen LogP contribution is 2.32. The summed E-state index contributed by atoms with van der Waals surface area (Å²) in [5, 5.41) is 0. The molecule has 0 aliphatic heterocycles. The third-order valence-electron chi connectivity index (χ3n) is 5.16. The van der Waals surface area contributed by atoms with E-state index >= 15 is 0 Å². The molecular weight excluding hydrogens is 380 g/mol. The van der Waals surface area contributed by atoms with Crippen molar-refractivity contribution in [3.63, 3.8) is 0 Å². The predicted molar refractivity (Wildman–Crippen MR) is 120 cm³/mol. The van der Waals surface area contributed by atoms with Gasteiger partial charge in [-0.05, 0) is 49.6 Å². The van der Waals surface area contributed by atoms with Crippen LogP contribution in [-0.2, 0) is 10.0 Å². The van der Waals surface area contributed by atoms with Crippen LogP contribution in [0.4, 0.5) is 5.69 Å². The van der Waals surface area contributed by atoms with Gasteiger partial charge in [0, 0.05) is 19.3 Å². The minimum atomic E-state index is -3.58. The molecule has 0 aliphatic carbocycles. The van der Waals surface area contributed by atoms with Crippen molar-refractivity contribution in [1.82, 2.24) is 4.72 Å². The number of hydrogen-bond donors (Lipinski definition) is 1. The van der Waals surface area contributed by atoms with Crippen molar-refractivity contribution in [2.45, 2.75) is 31.7 Å². The molecule has 0 spiro atoms. The van der Waals surface area contributed by atoms with Crippen LogP contribution in [0.5, 0.6) is 0 Å². The first-order chi connectivity index (χ1) is 13.8. The Balaban J connectivity index is 1.94. The zero-order valence-corrected chi connectivity index (χ0v) is 18.2. The van der Waals surface area contributed by atoms with Crippen molar-refractivity contribution in [3.8, 4) is 0 Å². The Kier molecular flexibility index (Phi) is 6.40. The van der Waals surface area contributed by atoms with Gasteiger partial charge in [0.1, 0.15) is 0 Å². The molecule has 3 aromatic carbocycles. The maximum absolute atomic E-state index is 12.8. The van der Waals surface area contributed by atoms with Gasteiger partial charge in [0.2, 0.25) is 10.0 Å². The van der Waals surface area contributed by atoms with E-state index in [0.717, 1.165) is 11.3 Å². The van der Waals surface area contributed by atoms with Crippen LogP contribution in [-0.4, -0.2) is 22.0 Å². The van der Waals surface area contributed by atoms with Crippen molar-refractivity contribution >= 4 is 15.7 Å². The first-order valence-corrected chi connectivity index (χ1v) is 11.2. The maximum atomic E-state index is 12.8. The van der Waals surface area contributed by atoms with Gasteiger partial charge in [0.05, 0.1) is 10.9 Å². The van der Waals surface area contributed by atoms with Crippen molar-refractivity contribution in [1.29, 1.82) is 0 Å². The molecule has 29 heavy (non-hydrogen) atoms. The van der Waals surface area contributed by atoms with E-state index in [1.165, 1.54) is 16.7 Å². The van der Waals surface area contributed by atoms with E-state index in [2.05, 4.69) is 42.5 Å². The van der Waals surface area contributed by atoms with Gasteiger partial charge in [-0.1, -0.05) is 66.2 Å². The standard InChI is InChI=1S/C24H28N2O2S/c1-18-15-19(2)24(20(3)16-18)26(4)23(21-11-7-5-8-12-21)17-25-29(27,28)22-13-9-6-10-14-22/h5-16,23,25H,17H2,1-4H3/t23-/m0/s1. The van der Waals surface area contributed by atoms with E-state index in [9.17, 15) is 8.42 Å². The molecule has 0 fully saturated rings. The molecular formula is C24H28N2O2S. The highest BCUT2D eigenvalue weighted by molar-refractivity contribution is 7.89. The highest BCUT2D eigenvalue weighted by atomic mass is 32.2. The lowest BCUT2D eigenvalue weighted by Crippen LogP contribution is -2.36. The Morgan fingerprint density at radius 1 is 0.862 bits per heavy atom. The molecule has 1 atom stereocenters. The Morgan fingerprint density at radius 2 is 1.38 bits per heavy atom. The van der Waals surface area contributed by atoms with Crippen LogP contribution in [0.3, 0.4) is 0 Å². The molecule has 0 aromatic heterocycles. The monoisotopic (exact) mass is 408 g/mol. The largest absolute Gasteiger partial charge is 0.366 e. The van der Waals surface area contributed by atoms with Gasteiger partial charge >= 0.3 is 0 Å². The van der Waals surface area contributed by atoms with E-state index in [0.29, 0.717) is 0 Å². The minimum Gasteiger partial charge on any atom is -0.366 e. The molecule has 0 amide bonds. The fraction of sp³-hybridized carbons (Fsp3) is 0.250. The lowest BCUT2D eigenvalue weighted by atomic mass is 10.00. The summed E-state index contributed by atoms with van der Waals surface area (Å²) in [4.78, 5) is 2.45. The SMILES string of the molecule is Cc1cc(C)c(N(C)[C@@H](CNS(=O)(=O)c2ccccc2)c2ccccc2)c(C)c1. The van der Waals surface area contributed by atoms with Crippen molar-refractivity contribution in [2.75, 3.05) is 18.5 Å². The summed E-state index contributed by atoms with van der Waals surface area (Å²) in [6.45, 7) is 6.56. The molecule has 3 rings (SSSR count). The van der Waals surface area contributed by atoms with Crippen LogP contribution in [0, 0.1) is 20.8 Å². The van der Waals surface area contributed by atoms with Crippen LogP contribution >= 0.6 is 0 Å². The van der Waals surface area contributed by atoms with E-state index in [-0.39, 0.29) is 17.5 Å². The number of sulfonamides is 1. The smallest absolute Gasteiger partial charge is 0.240 e. The number of likely N-dealkylation sites (N-methyl/N-ethyl adjacent to an activating group) is 1. The molecule has 0 bridgehead atoms. The number of nitrogens with zero attached hydrogens (tertiary/aromatic N) is 1. The Morgan fingerprint density at radius 3 is 1.93 bits per heavy atom. The second-order valence-electron chi connectivity index (χ2n) is 7.45. The van der Waals surface area contributed by atoms with Crippen molar-refractivity contribution in [2.24, 2.45) is 0 Å². The molecule has 0 saturated heterocycles. The molecule has 3 aromatic rings.